The van der Waals surface area contributed by atoms with E-state index in [4.69, 9.17) is 11.6 Å². The Labute approximate surface area is 185 Å². The first-order valence-electron chi connectivity index (χ1n) is 10.1. The molecule has 0 radical (unpaired) electrons. The first-order valence-corrected chi connectivity index (χ1v) is 10.5. The number of hydrogen-bond donors (Lipinski definition) is 0. The molecule has 0 spiro atoms. The molecule has 1 aliphatic rings. The smallest absolute Gasteiger partial charge is 0.280 e. The van der Waals surface area contributed by atoms with Crippen molar-refractivity contribution in [1.82, 2.24) is 4.57 Å². The molecule has 0 bridgehead atoms. The van der Waals surface area contributed by atoms with Gasteiger partial charge in [-0.2, -0.15) is 10.1 Å². The van der Waals surface area contributed by atoms with Crippen LogP contribution in [-0.4, -0.2) is 16.2 Å². The summed E-state index contributed by atoms with van der Waals surface area (Å²) < 4.78 is 2.17. The molecule has 5 rings (SSSR count). The number of halogens is 1. The van der Waals surface area contributed by atoms with E-state index in [0.717, 1.165) is 32.7 Å². The highest BCUT2D eigenvalue weighted by Crippen LogP contribution is 2.29. The third-order valence-electron chi connectivity index (χ3n) is 5.48. The van der Waals surface area contributed by atoms with Crippen molar-refractivity contribution < 1.29 is 4.79 Å². The number of carbonyl (C=O) groups excluding carboxylic acids is 1. The standard InChI is InChI=1S/C26H20ClN3O/c1-18-23(26(31)30(28-18)21-10-3-2-4-11-21)15-20-17-29(25-14-8-6-12-22(20)25)16-19-9-5-7-13-24(19)27/h2-15,17H,16H2,1H3/b23-15-. The summed E-state index contributed by atoms with van der Waals surface area (Å²) in [5, 5.41) is 7.78. The molecule has 31 heavy (non-hydrogen) atoms. The lowest BCUT2D eigenvalue weighted by Crippen LogP contribution is -2.21. The predicted molar refractivity (Wildman–Crippen MR) is 128 cm³/mol. The SMILES string of the molecule is CC1=NN(c2ccccc2)C(=O)/C1=C\c1cn(Cc2ccccc2Cl)c2ccccc12. The molecule has 152 valence electrons. The Bertz CT molecular complexity index is 1350. The molecule has 0 atom stereocenters. The average Bonchev–Trinajstić information content (AvgIpc) is 3.28. The van der Waals surface area contributed by atoms with Crippen molar-refractivity contribution in [2.24, 2.45) is 5.10 Å². The Morgan fingerprint density at radius 3 is 2.45 bits per heavy atom. The number of hydrogen-bond acceptors (Lipinski definition) is 2. The van der Waals surface area contributed by atoms with Gasteiger partial charge in [0.15, 0.2) is 0 Å². The van der Waals surface area contributed by atoms with E-state index in [1.165, 1.54) is 5.01 Å². The Kier molecular flexibility index (Phi) is 4.92. The summed E-state index contributed by atoms with van der Waals surface area (Å²) in [6.07, 6.45) is 4.02. The summed E-state index contributed by atoms with van der Waals surface area (Å²) in [7, 11) is 0. The average molecular weight is 426 g/mol. The first kappa shape index (κ1) is 19.3. The molecule has 1 aromatic heterocycles. The second kappa shape index (κ2) is 7.89. The Morgan fingerprint density at radius 2 is 1.65 bits per heavy atom. The number of aromatic nitrogens is 1. The number of rotatable bonds is 4. The van der Waals surface area contributed by atoms with E-state index in [-0.39, 0.29) is 5.91 Å². The number of amides is 1. The number of benzene rings is 3. The van der Waals surface area contributed by atoms with Gasteiger partial charge in [0.25, 0.3) is 5.91 Å². The van der Waals surface area contributed by atoms with Gasteiger partial charge in [-0.1, -0.05) is 66.2 Å². The van der Waals surface area contributed by atoms with E-state index < -0.39 is 0 Å². The van der Waals surface area contributed by atoms with Crippen LogP contribution in [0.3, 0.4) is 0 Å². The maximum atomic E-state index is 13.1. The van der Waals surface area contributed by atoms with Crippen molar-refractivity contribution >= 4 is 45.9 Å². The summed E-state index contributed by atoms with van der Waals surface area (Å²) in [6, 6.07) is 25.5. The van der Waals surface area contributed by atoms with Gasteiger partial charge in [0.1, 0.15) is 0 Å². The van der Waals surface area contributed by atoms with Crippen LogP contribution in [0.15, 0.2) is 95.7 Å². The molecule has 3 aromatic carbocycles. The van der Waals surface area contributed by atoms with Gasteiger partial charge in [-0.25, -0.2) is 0 Å². The number of fused-ring (bicyclic) bond motifs is 1. The van der Waals surface area contributed by atoms with Crippen molar-refractivity contribution in [3.8, 4) is 0 Å². The maximum Gasteiger partial charge on any atom is 0.280 e. The maximum absolute atomic E-state index is 13.1. The fourth-order valence-corrected chi connectivity index (χ4v) is 4.11. The number of para-hydroxylation sites is 2. The largest absolute Gasteiger partial charge is 0.342 e. The van der Waals surface area contributed by atoms with Gasteiger partial charge in [-0.15, -0.1) is 0 Å². The molecule has 0 unspecified atom stereocenters. The second-order valence-corrected chi connectivity index (χ2v) is 7.92. The van der Waals surface area contributed by atoms with E-state index in [1.807, 2.05) is 79.7 Å². The predicted octanol–water partition coefficient (Wildman–Crippen LogP) is 6.15. The molecule has 0 saturated carbocycles. The van der Waals surface area contributed by atoms with Crippen molar-refractivity contribution in [2.75, 3.05) is 5.01 Å². The van der Waals surface area contributed by atoms with Gasteiger partial charge in [0, 0.05) is 34.2 Å². The monoisotopic (exact) mass is 425 g/mol. The van der Waals surface area contributed by atoms with Crippen LogP contribution in [0.5, 0.6) is 0 Å². The minimum atomic E-state index is -0.119. The molecule has 1 aliphatic heterocycles. The Balaban J connectivity index is 1.55. The molecule has 0 aliphatic carbocycles. The summed E-state index contributed by atoms with van der Waals surface area (Å²) in [6.45, 7) is 2.52. The zero-order chi connectivity index (χ0) is 21.4. The fourth-order valence-electron chi connectivity index (χ4n) is 3.92. The van der Waals surface area contributed by atoms with E-state index in [1.54, 1.807) is 0 Å². The lowest BCUT2D eigenvalue weighted by atomic mass is 10.1. The third-order valence-corrected chi connectivity index (χ3v) is 5.85. The quantitative estimate of drug-likeness (QED) is 0.361. The molecule has 0 saturated heterocycles. The molecule has 4 aromatic rings. The van der Waals surface area contributed by atoms with E-state index >= 15 is 0 Å². The lowest BCUT2D eigenvalue weighted by Gasteiger charge is -2.10. The molecule has 0 N–H and O–H groups in total. The normalized spacial score (nSPS) is 15.2. The van der Waals surface area contributed by atoms with Crippen LogP contribution in [0.4, 0.5) is 5.69 Å². The van der Waals surface area contributed by atoms with Crippen LogP contribution in [0.25, 0.3) is 17.0 Å². The zero-order valence-corrected chi connectivity index (χ0v) is 17.8. The van der Waals surface area contributed by atoms with Crippen molar-refractivity contribution in [3.05, 3.63) is 107 Å². The van der Waals surface area contributed by atoms with Gasteiger partial charge in [-0.05, 0) is 42.8 Å². The van der Waals surface area contributed by atoms with Crippen LogP contribution in [-0.2, 0) is 11.3 Å². The van der Waals surface area contributed by atoms with Gasteiger partial charge < -0.3 is 4.57 Å². The van der Waals surface area contributed by atoms with Crippen molar-refractivity contribution in [2.45, 2.75) is 13.5 Å². The summed E-state index contributed by atoms with van der Waals surface area (Å²) in [5.74, 6) is -0.119. The molecule has 4 nitrogen and oxygen atoms in total. The zero-order valence-electron chi connectivity index (χ0n) is 17.0. The first-order chi connectivity index (χ1) is 15.1. The molecule has 0 fully saturated rings. The molecular weight excluding hydrogens is 406 g/mol. The van der Waals surface area contributed by atoms with Crippen molar-refractivity contribution in [1.29, 1.82) is 0 Å². The number of nitrogens with zero attached hydrogens (tertiary/aromatic N) is 3. The lowest BCUT2D eigenvalue weighted by molar-refractivity contribution is -0.114. The van der Waals surface area contributed by atoms with Gasteiger partial charge in [-0.3, -0.25) is 4.79 Å². The van der Waals surface area contributed by atoms with E-state index in [0.29, 0.717) is 17.8 Å². The highest BCUT2D eigenvalue weighted by molar-refractivity contribution is 6.32. The van der Waals surface area contributed by atoms with Crippen molar-refractivity contribution in [3.63, 3.8) is 0 Å². The summed E-state index contributed by atoms with van der Waals surface area (Å²) in [4.78, 5) is 13.1. The van der Waals surface area contributed by atoms with Crippen LogP contribution in [0, 0.1) is 0 Å². The molecular formula is C26H20ClN3O. The Morgan fingerprint density at radius 1 is 0.935 bits per heavy atom. The van der Waals surface area contributed by atoms with Gasteiger partial charge >= 0.3 is 0 Å². The minimum Gasteiger partial charge on any atom is -0.342 e. The van der Waals surface area contributed by atoms with Crippen LogP contribution >= 0.6 is 11.6 Å². The van der Waals surface area contributed by atoms with Gasteiger partial charge in [0.05, 0.1) is 17.0 Å². The molecule has 5 heteroatoms. The molecule has 1 amide bonds. The highest BCUT2D eigenvalue weighted by atomic mass is 35.5. The third kappa shape index (κ3) is 3.56. The Hall–Kier alpha value is -3.63. The fraction of sp³-hybridized carbons (Fsp3) is 0.0769. The van der Waals surface area contributed by atoms with E-state index in [9.17, 15) is 4.79 Å². The van der Waals surface area contributed by atoms with E-state index in [2.05, 4.69) is 28.0 Å². The van der Waals surface area contributed by atoms with Crippen LogP contribution in [0.1, 0.15) is 18.1 Å². The highest BCUT2D eigenvalue weighted by Gasteiger charge is 2.28. The van der Waals surface area contributed by atoms with Crippen LogP contribution < -0.4 is 5.01 Å². The number of anilines is 1. The number of carbonyl (C=O) groups is 1. The van der Waals surface area contributed by atoms with Gasteiger partial charge in [0.2, 0.25) is 0 Å². The second-order valence-electron chi connectivity index (χ2n) is 7.52. The minimum absolute atomic E-state index is 0.119. The summed E-state index contributed by atoms with van der Waals surface area (Å²) in [5.41, 5.74) is 5.19. The van der Waals surface area contributed by atoms with Crippen LogP contribution in [0.2, 0.25) is 5.02 Å². The molecule has 2 heterocycles. The topological polar surface area (TPSA) is 37.6 Å². The number of hydrazone groups is 1. The summed E-state index contributed by atoms with van der Waals surface area (Å²) >= 11 is 6.39.